The van der Waals surface area contributed by atoms with E-state index in [2.05, 4.69) is 12.0 Å². The first-order valence-corrected chi connectivity index (χ1v) is 9.01. The Labute approximate surface area is 153 Å². The summed E-state index contributed by atoms with van der Waals surface area (Å²) < 4.78 is 16.3. The number of unbranched alkanes of at least 4 members (excludes halogenated alkanes) is 2. The average molecular weight is 356 g/mol. The van der Waals surface area contributed by atoms with E-state index < -0.39 is 0 Å². The second-order valence-electron chi connectivity index (χ2n) is 6.18. The molecule has 0 N–H and O–H groups in total. The van der Waals surface area contributed by atoms with Gasteiger partial charge in [0.25, 0.3) is 0 Å². The van der Waals surface area contributed by atoms with Crippen LogP contribution in [-0.4, -0.2) is 30.8 Å². The van der Waals surface area contributed by atoms with Gasteiger partial charge in [0.15, 0.2) is 0 Å². The molecule has 1 fully saturated rings. The van der Waals surface area contributed by atoms with Crippen molar-refractivity contribution in [3.8, 4) is 11.5 Å². The highest BCUT2D eigenvalue weighted by Crippen LogP contribution is 2.23. The van der Waals surface area contributed by atoms with Crippen molar-refractivity contribution in [3.63, 3.8) is 0 Å². The lowest BCUT2D eigenvalue weighted by Gasteiger charge is -2.06. The molecule has 26 heavy (non-hydrogen) atoms. The zero-order chi connectivity index (χ0) is 18.2. The van der Waals surface area contributed by atoms with E-state index in [-0.39, 0.29) is 6.10 Å². The average Bonchev–Trinajstić information content (AvgIpc) is 3.50. The van der Waals surface area contributed by atoms with Crippen LogP contribution in [0.2, 0.25) is 0 Å². The highest BCUT2D eigenvalue weighted by molar-refractivity contribution is 5.41. The minimum Gasteiger partial charge on any atom is -0.594 e. The van der Waals surface area contributed by atoms with E-state index in [1.807, 2.05) is 12.1 Å². The fraction of sp³-hybridized carbons (Fsp3) is 0.400. The fourth-order valence-corrected chi connectivity index (χ4v) is 2.34. The quantitative estimate of drug-likeness (QED) is 0.198. The van der Waals surface area contributed by atoms with Gasteiger partial charge in [0.1, 0.15) is 29.9 Å². The summed E-state index contributed by atoms with van der Waals surface area (Å²) in [5, 5.41) is 16.2. The van der Waals surface area contributed by atoms with Crippen molar-refractivity contribution >= 4 is 11.4 Å². The van der Waals surface area contributed by atoms with E-state index in [4.69, 9.17) is 14.2 Å². The monoisotopic (exact) mass is 356 g/mol. The Morgan fingerprint density at radius 3 is 2.35 bits per heavy atom. The van der Waals surface area contributed by atoms with Gasteiger partial charge in [-0.3, -0.25) is 0 Å². The number of epoxide rings is 1. The number of rotatable bonds is 10. The Bertz CT molecular complexity index is 710. The lowest BCUT2D eigenvalue weighted by Crippen LogP contribution is -2.03. The summed E-state index contributed by atoms with van der Waals surface area (Å²) in [6.07, 6.45) is 3.59. The Kier molecular flexibility index (Phi) is 6.44. The van der Waals surface area contributed by atoms with E-state index in [0.717, 1.165) is 25.2 Å². The van der Waals surface area contributed by atoms with Gasteiger partial charge in [0, 0.05) is 17.2 Å². The van der Waals surface area contributed by atoms with Gasteiger partial charge in [0.2, 0.25) is 5.69 Å². The van der Waals surface area contributed by atoms with E-state index in [9.17, 15) is 5.21 Å². The minimum absolute atomic E-state index is 0.208. The molecule has 0 radical (unpaired) electrons. The molecule has 1 aliphatic heterocycles. The highest BCUT2D eigenvalue weighted by Gasteiger charge is 2.23. The Hall–Kier alpha value is -2.60. The number of hydrogen-bond acceptors (Lipinski definition) is 5. The van der Waals surface area contributed by atoms with E-state index >= 15 is 0 Å². The van der Waals surface area contributed by atoms with Gasteiger partial charge < -0.3 is 19.4 Å². The topological polar surface area (TPSA) is 69.4 Å². The molecule has 0 aromatic heterocycles. The number of hydrogen-bond donors (Lipinski definition) is 0. The van der Waals surface area contributed by atoms with Crippen molar-refractivity contribution in [2.75, 3.05) is 19.8 Å². The third-order valence-electron chi connectivity index (χ3n) is 3.96. The minimum atomic E-state index is 0.208. The largest absolute Gasteiger partial charge is 0.594 e. The van der Waals surface area contributed by atoms with E-state index in [0.29, 0.717) is 35.2 Å². The molecule has 1 unspecified atom stereocenters. The normalized spacial score (nSPS) is 16.3. The van der Waals surface area contributed by atoms with Gasteiger partial charge in [-0.2, -0.15) is 0 Å². The molecule has 6 nitrogen and oxygen atoms in total. The molecule has 1 saturated heterocycles. The zero-order valence-electron chi connectivity index (χ0n) is 15.0. The molecular weight excluding hydrogens is 332 g/mol. The summed E-state index contributed by atoms with van der Waals surface area (Å²) in [5.41, 5.74) is 1.02. The second-order valence-corrected chi connectivity index (χ2v) is 6.18. The molecule has 0 spiro atoms. The molecule has 0 bridgehead atoms. The van der Waals surface area contributed by atoms with Crippen LogP contribution in [0.3, 0.4) is 0 Å². The molecule has 1 heterocycles. The van der Waals surface area contributed by atoms with Crippen molar-refractivity contribution in [1.82, 2.24) is 0 Å². The predicted molar refractivity (Wildman–Crippen MR) is 98.5 cm³/mol. The third kappa shape index (κ3) is 5.74. The smallest absolute Gasteiger partial charge is 0.245 e. The van der Waals surface area contributed by atoms with Crippen LogP contribution in [-0.2, 0) is 4.74 Å². The van der Waals surface area contributed by atoms with Crippen molar-refractivity contribution in [2.45, 2.75) is 32.3 Å². The summed E-state index contributed by atoms with van der Waals surface area (Å²) in [5.74, 6) is 1.50. The molecule has 0 saturated carbocycles. The molecule has 2 aromatic carbocycles. The first kappa shape index (κ1) is 18.2. The Morgan fingerprint density at radius 1 is 1.04 bits per heavy atom. The van der Waals surface area contributed by atoms with Crippen molar-refractivity contribution in [3.05, 3.63) is 53.7 Å². The predicted octanol–water partition coefficient (Wildman–Crippen LogP) is 4.96. The van der Waals surface area contributed by atoms with Crippen LogP contribution in [0.1, 0.15) is 26.2 Å². The van der Waals surface area contributed by atoms with Crippen LogP contribution in [0.5, 0.6) is 11.5 Å². The fourth-order valence-electron chi connectivity index (χ4n) is 2.34. The SMILES string of the molecule is CCCCCOc1ccc(N=[N+]([O-])c2ccc(OCC3CO3)cc2)cc1. The molecule has 138 valence electrons. The highest BCUT2D eigenvalue weighted by atomic mass is 16.6. The van der Waals surface area contributed by atoms with Crippen molar-refractivity contribution < 1.29 is 19.1 Å². The van der Waals surface area contributed by atoms with Gasteiger partial charge >= 0.3 is 0 Å². The first-order valence-electron chi connectivity index (χ1n) is 9.01. The number of nitrogens with zero attached hydrogens (tertiary/aromatic N) is 2. The van der Waals surface area contributed by atoms with Gasteiger partial charge in [0.05, 0.1) is 13.2 Å². The maximum atomic E-state index is 12.2. The van der Waals surface area contributed by atoms with Crippen LogP contribution >= 0.6 is 0 Å². The molecule has 0 aliphatic carbocycles. The molecule has 2 aromatic rings. The van der Waals surface area contributed by atoms with Gasteiger partial charge in [-0.1, -0.05) is 24.6 Å². The van der Waals surface area contributed by atoms with Crippen LogP contribution in [0.4, 0.5) is 11.4 Å². The lowest BCUT2D eigenvalue weighted by molar-refractivity contribution is -0.435. The van der Waals surface area contributed by atoms with E-state index in [1.54, 1.807) is 36.4 Å². The number of ether oxygens (including phenoxy) is 3. The molecule has 6 heteroatoms. The second kappa shape index (κ2) is 9.20. The molecule has 1 aliphatic rings. The summed E-state index contributed by atoms with van der Waals surface area (Å²) in [6, 6.07) is 14.1. The van der Waals surface area contributed by atoms with E-state index in [1.165, 1.54) is 6.42 Å². The van der Waals surface area contributed by atoms with Crippen molar-refractivity contribution in [1.29, 1.82) is 0 Å². The summed E-state index contributed by atoms with van der Waals surface area (Å²) in [7, 11) is 0. The Balaban J connectivity index is 1.54. The van der Waals surface area contributed by atoms with Gasteiger partial charge in [-0.15, -0.1) is 0 Å². The van der Waals surface area contributed by atoms with Crippen LogP contribution in [0.15, 0.2) is 53.6 Å². The molecule has 1 atom stereocenters. The summed E-state index contributed by atoms with van der Waals surface area (Å²) in [4.78, 5) is 0.602. The molecule has 3 rings (SSSR count). The summed E-state index contributed by atoms with van der Waals surface area (Å²) >= 11 is 0. The molecular formula is C20H24N2O4. The number of benzene rings is 2. The van der Waals surface area contributed by atoms with Crippen molar-refractivity contribution in [2.24, 2.45) is 5.11 Å². The summed E-state index contributed by atoms with van der Waals surface area (Å²) in [6.45, 7) is 4.17. The van der Waals surface area contributed by atoms with Crippen LogP contribution in [0, 0.1) is 5.21 Å². The molecule has 0 amide bonds. The lowest BCUT2D eigenvalue weighted by atomic mass is 10.2. The van der Waals surface area contributed by atoms with Crippen LogP contribution in [0.25, 0.3) is 0 Å². The number of azo groups is 1. The first-order chi connectivity index (χ1) is 12.7. The standard InChI is InChI=1S/C20H24N2O4/c1-2-3-4-13-24-18-9-5-16(6-10-18)21-22(23)17-7-11-19(12-8-17)25-14-20-15-26-20/h5-12,20H,2-4,13-15H2,1H3. The van der Waals surface area contributed by atoms with Gasteiger partial charge in [-0.05, 0) is 42.8 Å². The van der Waals surface area contributed by atoms with Crippen LogP contribution < -0.4 is 9.47 Å². The third-order valence-corrected chi connectivity index (χ3v) is 3.96. The zero-order valence-corrected chi connectivity index (χ0v) is 15.0. The Morgan fingerprint density at radius 2 is 1.69 bits per heavy atom. The maximum Gasteiger partial charge on any atom is 0.245 e. The van der Waals surface area contributed by atoms with Gasteiger partial charge in [-0.25, -0.2) is 0 Å². The maximum absolute atomic E-state index is 12.2.